The van der Waals surface area contributed by atoms with E-state index in [1.54, 1.807) is 18.6 Å². The Morgan fingerprint density at radius 3 is 2.57 bits per heavy atom. The topological polar surface area (TPSA) is 84.5 Å². The summed E-state index contributed by atoms with van der Waals surface area (Å²) in [4.78, 5) is 10.7. The molecule has 0 aliphatic carbocycles. The molecule has 0 spiro atoms. The maximum absolute atomic E-state index is 11.1. The van der Waals surface area contributed by atoms with Crippen molar-refractivity contribution in [2.75, 3.05) is 12.5 Å². The molecule has 0 rings (SSSR count). The molecule has 0 bridgehead atoms. The van der Waals surface area contributed by atoms with Crippen LogP contribution in [0.25, 0.3) is 0 Å². The van der Waals surface area contributed by atoms with E-state index in [0.29, 0.717) is 0 Å². The molecule has 14 heavy (non-hydrogen) atoms. The number of hydrogen-bond donors (Lipinski definition) is 2. The van der Waals surface area contributed by atoms with Crippen LogP contribution in [0.4, 0.5) is 4.79 Å². The lowest BCUT2D eigenvalue weighted by Crippen LogP contribution is -2.44. The van der Waals surface area contributed by atoms with Crippen molar-refractivity contribution < 1.29 is 17.9 Å². The van der Waals surface area contributed by atoms with Crippen molar-refractivity contribution in [3.05, 3.63) is 0 Å². The second kappa shape index (κ2) is 6.05. The third-order valence-electron chi connectivity index (χ3n) is 1.08. The Kier molecular flexibility index (Phi) is 5.82. The first-order chi connectivity index (χ1) is 6.41. The molecule has 0 aliphatic rings. The van der Waals surface area contributed by atoms with Crippen molar-refractivity contribution in [1.29, 1.82) is 0 Å². The minimum atomic E-state index is -3.87. The molecule has 1 amide bonds. The molecule has 0 heterocycles. The average Bonchev–Trinajstić information content (AvgIpc) is 2.02. The van der Waals surface area contributed by atoms with Crippen molar-refractivity contribution in [3.63, 3.8) is 0 Å². The Hall–Kier alpha value is -0.530. The van der Waals surface area contributed by atoms with Crippen molar-refractivity contribution in [2.24, 2.45) is 0 Å². The molecule has 0 saturated heterocycles. The van der Waals surface area contributed by atoms with E-state index in [4.69, 9.17) is 11.6 Å². The number of carbonyl (C=O) groups is 1. The summed E-state index contributed by atoms with van der Waals surface area (Å²) in [5.41, 5.74) is 0. The van der Waals surface area contributed by atoms with Crippen molar-refractivity contribution in [1.82, 2.24) is 9.44 Å². The Morgan fingerprint density at radius 1 is 1.57 bits per heavy atom. The monoisotopic (exact) mass is 244 g/mol. The smallest absolute Gasteiger partial charge is 0.421 e. The van der Waals surface area contributed by atoms with Crippen LogP contribution >= 0.6 is 11.6 Å². The van der Waals surface area contributed by atoms with Crippen LogP contribution in [0.3, 0.4) is 0 Å². The highest BCUT2D eigenvalue weighted by Crippen LogP contribution is 1.90. The number of hydrogen-bond acceptors (Lipinski definition) is 4. The highest BCUT2D eigenvalue weighted by atomic mass is 35.5. The Balaban J connectivity index is 4.14. The average molecular weight is 245 g/mol. The van der Waals surface area contributed by atoms with Crippen LogP contribution in [0.5, 0.6) is 0 Å². The van der Waals surface area contributed by atoms with Gasteiger partial charge in [-0.25, -0.2) is 9.52 Å². The fraction of sp³-hybridized carbons (Fsp3) is 0.833. The van der Waals surface area contributed by atoms with Gasteiger partial charge in [0.05, 0.1) is 6.61 Å². The summed E-state index contributed by atoms with van der Waals surface area (Å²) in [6.07, 6.45) is -1.01. The molecule has 1 unspecified atom stereocenters. The van der Waals surface area contributed by atoms with Gasteiger partial charge in [-0.1, -0.05) is 0 Å². The van der Waals surface area contributed by atoms with Gasteiger partial charge in [-0.15, -0.1) is 11.6 Å². The van der Waals surface area contributed by atoms with Crippen molar-refractivity contribution in [3.8, 4) is 0 Å². The van der Waals surface area contributed by atoms with E-state index in [9.17, 15) is 13.2 Å². The van der Waals surface area contributed by atoms with Gasteiger partial charge >= 0.3 is 16.3 Å². The highest BCUT2D eigenvalue weighted by molar-refractivity contribution is 7.88. The summed E-state index contributed by atoms with van der Waals surface area (Å²) in [5.74, 6) is 0.115. The Morgan fingerprint density at radius 2 is 2.14 bits per heavy atom. The maximum Gasteiger partial charge on any atom is 0.421 e. The second-order valence-corrected chi connectivity index (χ2v) is 4.25. The van der Waals surface area contributed by atoms with E-state index in [2.05, 4.69) is 9.46 Å². The van der Waals surface area contributed by atoms with E-state index >= 15 is 0 Å². The fourth-order valence-electron chi connectivity index (χ4n) is 0.596. The standard InChI is InChI=1S/C6H13ClN2O4S/c1-3-13-6(10)9-14(11,12)8-5(2)4-7/h5,8H,3-4H2,1-2H3,(H,9,10). The van der Waals surface area contributed by atoms with Crippen LogP contribution in [0.2, 0.25) is 0 Å². The molecule has 0 aromatic carbocycles. The molecule has 0 fully saturated rings. The first kappa shape index (κ1) is 13.5. The van der Waals surface area contributed by atoms with Gasteiger partial charge in [0.25, 0.3) is 0 Å². The number of rotatable bonds is 5. The van der Waals surface area contributed by atoms with Gasteiger partial charge in [-0.3, -0.25) is 0 Å². The quantitative estimate of drug-likeness (QED) is 0.677. The maximum atomic E-state index is 11.1. The Bertz CT molecular complexity index is 280. The molecular weight excluding hydrogens is 232 g/mol. The van der Waals surface area contributed by atoms with Gasteiger partial charge in [0.1, 0.15) is 0 Å². The molecular formula is C6H13ClN2O4S. The summed E-state index contributed by atoms with van der Waals surface area (Å²) in [6.45, 7) is 3.24. The van der Waals surface area contributed by atoms with Crippen LogP contribution in [0.1, 0.15) is 13.8 Å². The van der Waals surface area contributed by atoms with Gasteiger partial charge in [0.15, 0.2) is 0 Å². The summed E-state index contributed by atoms with van der Waals surface area (Å²) >= 11 is 5.38. The molecule has 0 radical (unpaired) electrons. The zero-order valence-corrected chi connectivity index (χ0v) is 9.48. The zero-order valence-electron chi connectivity index (χ0n) is 7.91. The van der Waals surface area contributed by atoms with E-state index in [1.165, 1.54) is 0 Å². The molecule has 8 heteroatoms. The van der Waals surface area contributed by atoms with Crippen LogP contribution < -0.4 is 9.44 Å². The first-order valence-electron chi connectivity index (χ1n) is 3.94. The lowest BCUT2D eigenvalue weighted by molar-refractivity contribution is 0.158. The number of carbonyl (C=O) groups excluding carboxylic acids is 1. The Labute approximate surface area is 88.1 Å². The largest absolute Gasteiger partial charge is 0.449 e. The summed E-state index contributed by atoms with van der Waals surface area (Å²) in [6, 6.07) is -0.455. The molecule has 0 saturated carbocycles. The van der Waals surface area contributed by atoms with Crippen LogP contribution in [0.15, 0.2) is 0 Å². The summed E-state index contributed by atoms with van der Waals surface area (Å²) in [7, 11) is -3.87. The van der Waals surface area contributed by atoms with Gasteiger partial charge < -0.3 is 4.74 Å². The first-order valence-corrected chi connectivity index (χ1v) is 5.95. The molecule has 84 valence electrons. The van der Waals surface area contributed by atoms with Gasteiger partial charge in [0, 0.05) is 11.9 Å². The van der Waals surface area contributed by atoms with Gasteiger partial charge in [-0.05, 0) is 13.8 Å². The highest BCUT2D eigenvalue weighted by Gasteiger charge is 2.16. The number of amides is 1. The summed E-state index contributed by atoms with van der Waals surface area (Å²) < 4.78 is 30.4. The van der Waals surface area contributed by atoms with Crippen molar-refractivity contribution in [2.45, 2.75) is 19.9 Å². The zero-order chi connectivity index (χ0) is 11.2. The molecule has 0 aromatic rings. The van der Waals surface area contributed by atoms with Crippen molar-refractivity contribution >= 4 is 27.9 Å². The SMILES string of the molecule is CCOC(=O)NS(=O)(=O)NC(C)CCl. The predicted molar refractivity (Wildman–Crippen MR) is 52.4 cm³/mol. The van der Waals surface area contributed by atoms with Gasteiger partial charge in [-0.2, -0.15) is 13.1 Å². The molecule has 0 aromatic heterocycles. The van der Waals surface area contributed by atoms with E-state index in [0.717, 1.165) is 0 Å². The van der Waals surface area contributed by atoms with Gasteiger partial charge in [0.2, 0.25) is 0 Å². The molecule has 1 atom stereocenters. The number of alkyl halides is 1. The fourth-order valence-corrected chi connectivity index (χ4v) is 1.72. The lowest BCUT2D eigenvalue weighted by atomic mass is 10.4. The lowest BCUT2D eigenvalue weighted by Gasteiger charge is -2.11. The third-order valence-corrected chi connectivity index (χ3v) is 2.69. The summed E-state index contributed by atoms with van der Waals surface area (Å²) in [5, 5.41) is 0. The minimum Gasteiger partial charge on any atom is -0.449 e. The molecule has 2 N–H and O–H groups in total. The number of ether oxygens (including phenoxy) is 1. The van der Waals surface area contributed by atoms with E-state index < -0.39 is 22.3 Å². The number of halogens is 1. The van der Waals surface area contributed by atoms with E-state index in [-0.39, 0.29) is 12.5 Å². The third kappa shape index (κ3) is 6.01. The minimum absolute atomic E-state index is 0.104. The van der Waals surface area contributed by atoms with Crippen LogP contribution in [-0.2, 0) is 14.9 Å². The number of nitrogens with one attached hydrogen (secondary N) is 2. The van der Waals surface area contributed by atoms with E-state index in [1.807, 2.05) is 0 Å². The predicted octanol–water partition coefficient (Wildman–Crippen LogP) is 0.194. The van der Waals surface area contributed by atoms with Crippen LogP contribution in [0, 0.1) is 0 Å². The van der Waals surface area contributed by atoms with Crippen LogP contribution in [-0.4, -0.2) is 33.0 Å². The second-order valence-electron chi connectivity index (χ2n) is 2.50. The molecule has 6 nitrogen and oxygen atoms in total. The normalized spacial score (nSPS) is 13.4. The molecule has 0 aliphatic heterocycles.